The van der Waals surface area contributed by atoms with Crippen molar-refractivity contribution in [3.05, 3.63) is 78.5 Å². The third-order valence-electron chi connectivity index (χ3n) is 4.69. The molecule has 0 saturated heterocycles. The van der Waals surface area contributed by atoms with Gasteiger partial charge in [0, 0.05) is 22.2 Å². The van der Waals surface area contributed by atoms with Gasteiger partial charge in [-0.3, -0.25) is 4.72 Å². The molecule has 0 aliphatic heterocycles. The summed E-state index contributed by atoms with van der Waals surface area (Å²) in [4.78, 5) is 14.3. The summed E-state index contributed by atoms with van der Waals surface area (Å²) in [5.41, 5.74) is 1.61. The predicted octanol–water partition coefficient (Wildman–Crippen LogP) is 5.23. The third kappa shape index (κ3) is 4.77. The fraction of sp³-hybridized carbons (Fsp3) is 0.0455. The number of benzene rings is 3. The van der Waals surface area contributed by atoms with E-state index in [2.05, 4.69) is 14.4 Å². The van der Waals surface area contributed by atoms with Crippen LogP contribution in [0.5, 0.6) is 5.75 Å². The summed E-state index contributed by atoms with van der Waals surface area (Å²) in [6.07, 6.45) is -4.89. The Labute approximate surface area is 185 Å². The summed E-state index contributed by atoms with van der Waals surface area (Å²) in [6, 6.07) is 17.0. The average molecular weight is 476 g/mol. The molecule has 33 heavy (non-hydrogen) atoms. The van der Waals surface area contributed by atoms with Crippen molar-refractivity contribution in [2.45, 2.75) is 11.3 Å². The first kappa shape index (κ1) is 22.2. The van der Waals surface area contributed by atoms with Crippen LogP contribution in [-0.4, -0.2) is 30.8 Å². The number of rotatable bonds is 6. The molecule has 3 N–H and O–H groups in total. The quantitative estimate of drug-likeness (QED) is 0.353. The topological polar surface area (TPSA) is 108 Å². The molecule has 0 bridgehead atoms. The van der Waals surface area contributed by atoms with E-state index in [4.69, 9.17) is 0 Å². The van der Waals surface area contributed by atoms with Crippen LogP contribution in [0.1, 0.15) is 10.5 Å². The Balaban J connectivity index is 1.70. The van der Waals surface area contributed by atoms with Crippen LogP contribution in [0.25, 0.3) is 22.0 Å². The molecule has 0 aliphatic rings. The number of fused-ring (bicyclic) bond motifs is 1. The van der Waals surface area contributed by atoms with Gasteiger partial charge in [0.05, 0.1) is 4.90 Å². The molecule has 170 valence electrons. The largest absolute Gasteiger partial charge is 0.573 e. The summed E-state index contributed by atoms with van der Waals surface area (Å²) in [7, 11) is -4.14. The number of carbonyl (C=O) groups is 1. The summed E-state index contributed by atoms with van der Waals surface area (Å²) < 4.78 is 68.5. The van der Waals surface area contributed by atoms with Crippen LogP contribution >= 0.6 is 0 Å². The van der Waals surface area contributed by atoms with Crippen LogP contribution in [0.15, 0.2) is 77.7 Å². The third-order valence-corrected chi connectivity index (χ3v) is 6.09. The molecule has 0 unspecified atom stereocenters. The minimum Gasteiger partial charge on any atom is -0.477 e. The second-order valence-corrected chi connectivity index (χ2v) is 8.61. The van der Waals surface area contributed by atoms with E-state index < -0.39 is 28.1 Å². The molecule has 0 atom stereocenters. The van der Waals surface area contributed by atoms with Gasteiger partial charge in [-0.05, 0) is 48.0 Å². The summed E-state index contributed by atoms with van der Waals surface area (Å²) in [6.45, 7) is 0. The zero-order valence-electron chi connectivity index (χ0n) is 16.6. The summed E-state index contributed by atoms with van der Waals surface area (Å²) >= 11 is 0. The van der Waals surface area contributed by atoms with E-state index in [-0.39, 0.29) is 16.3 Å². The normalized spacial score (nSPS) is 12.0. The molecule has 0 spiro atoms. The molecule has 11 heteroatoms. The highest BCUT2D eigenvalue weighted by Crippen LogP contribution is 2.34. The number of ether oxygens (including phenoxy) is 1. The van der Waals surface area contributed by atoms with Crippen molar-refractivity contribution in [1.82, 2.24) is 4.98 Å². The second kappa shape index (κ2) is 8.17. The van der Waals surface area contributed by atoms with E-state index in [9.17, 15) is 31.5 Å². The zero-order valence-corrected chi connectivity index (χ0v) is 17.4. The van der Waals surface area contributed by atoms with Crippen molar-refractivity contribution >= 4 is 32.6 Å². The molecule has 4 rings (SSSR count). The van der Waals surface area contributed by atoms with E-state index in [0.29, 0.717) is 22.0 Å². The SMILES string of the molecule is O=C(O)c1[nH]c2ccc(NS(=O)(=O)c3ccc(OC(F)(F)F)cc3)cc2c1-c1ccccc1. The van der Waals surface area contributed by atoms with Crippen LogP contribution in [0.2, 0.25) is 0 Å². The highest BCUT2D eigenvalue weighted by Gasteiger charge is 2.31. The Morgan fingerprint density at radius 1 is 0.970 bits per heavy atom. The van der Waals surface area contributed by atoms with Crippen LogP contribution in [0.3, 0.4) is 0 Å². The maximum atomic E-state index is 12.7. The number of hydrogen-bond donors (Lipinski definition) is 3. The number of nitrogens with one attached hydrogen (secondary N) is 2. The number of carboxylic acids is 1. The molecule has 0 aliphatic carbocycles. The fourth-order valence-corrected chi connectivity index (χ4v) is 4.40. The Morgan fingerprint density at radius 2 is 1.64 bits per heavy atom. The molecule has 1 heterocycles. The lowest BCUT2D eigenvalue weighted by molar-refractivity contribution is -0.274. The lowest BCUT2D eigenvalue weighted by atomic mass is 10.0. The van der Waals surface area contributed by atoms with Gasteiger partial charge in [-0.25, -0.2) is 13.2 Å². The number of aromatic carboxylic acids is 1. The van der Waals surface area contributed by atoms with Crippen molar-refractivity contribution in [3.63, 3.8) is 0 Å². The number of anilines is 1. The van der Waals surface area contributed by atoms with Gasteiger partial charge in [0.25, 0.3) is 10.0 Å². The summed E-state index contributed by atoms with van der Waals surface area (Å²) in [5.74, 6) is -1.72. The van der Waals surface area contributed by atoms with Crippen molar-refractivity contribution in [2.75, 3.05) is 4.72 Å². The van der Waals surface area contributed by atoms with Crippen LogP contribution in [0, 0.1) is 0 Å². The van der Waals surface area contributed by atoms with Crippen LogP contribution in [-0.2, 0) is 10.0 Å². The first-order chi connectivity index (χ1) is 15.5. The number of H-pyrrole nitrogens is 1. The first-order valence-electron chi connectivity index (χ1n) is 9.36. The minimum atomic E-state index is -4.89. The average Bonchev–Trinajstić information content (AvgIpc) is 3.12. The standard InChI is InChI=1S/C22H15F3N2O5S/c23-22(24,25)32-15-7-9-16(10-8-15)33(30,31)27-14-6-11-18-17(12-14)19(20(26-18)21(28)29)13-4-2-1-3-5-13/h1-12,26-27H,(H,28,29). The van der Waals surface area contributed by atoms with E-state index in [1.807, 2.05) is 0 Å². The number of hydrogen-bond acceptors (Lipinski definition) is 4. The maximum Gasteiger partial charge on any atom is 0.573 e. The number of alkyl halides is 3. The lowest BCUT2D eigenvalue weighted by Gasteiger charge is -2.11. The van der Waals surface area contributed by atoms with Gasteiger partial charge >= 0.3 is 12.3 Å². The number of aromatic nitrogens is 1. The molecule has 0 radical (unpaired) electrons. The molecule has 7 nitrogen and oxygen atoms in total. The van der Waals surface area contributed by atoms with Gasteiger partial charge in [-0.1, -0.05) is 30.3 Å². The fourth-order valence-electron chi connectivity index (χ4n) is 3.36. The zero-order chi connectivity index (χ0) is 23.8. The summed E-state index contributed by atoms with van der Waals surface area (Å²) in [5, 5.41) is 10.1. The van der Waals surface area contributed by atoms with Gasteiger partial charge < -0.3 is 14.8 Å². The van der Waals surface area contributed by atoms with Crippen LogP contribution in [0.4, 0.5) is 18.9 Å². The predicted molar refractivity (Wildman–Crippen MR) is 115 cm³/mol. The molecule has 0 saturated carbocycles. The van der Waals surface area contributed by atoms with Crippen LogP contribution < -0.4 is 9.46 Å². The molecular formula is C22H15F3N2O5S. The molecule has 4 aromatic rings. The number of sulfonamides is 1. The first-order valence-corrected chi connectivity index (χ1v) is 10.8. The molecule has 0 fully saturated rings. The Kier molecular flexibility index (Phi) is 5.50. The molecule has 3 aromatic carbocycles. The number of carboxylic acid groups (broad SMARTS) is 1. The van der Waals surface area contributed by atoms with Gasteiger partial charge in [0.15, 0.2) is 0 Å². The number of halogens is 3. The van der Waals surface area contributed by atoms with E-state index in [1.165, 1.54) is 18.2 Å². The number of aromatic amines is 1. The van der Waals surface area contributed by atoms with Gasteiger partial charge in [-0.15, -0.1) is 13.2 Å². The lowest BCUT2D eigenvalue weighted by Crippen LogP contribution is -2.17. The van der Waals surface area contributed by atoms with Crippen molar-refractivity contribution in [2.24, 2.45) is 0 Å². The maximum absolute atomic E-state index is 12.7. The Bertz CT molecular complexity index is 1430. The van der Waals surface area contributed by atoms with Crippen molar-refractivity contribution < 1.29 is 36.2 Å². The molecular weight excluding hydrogens is 461 g/mol. The Morgan fingerprint density at radius 3 is 2.24 bits per heavy atom. The highest BCUT2D eigenvalue weighted by molar-refractivity contribution is 7.92. The monoisotopic (exact) mass is 476 g/mol. The molecule has 0 amide bonds. The second-order valence-electron chi connectivity index (χ2n) is 6.93. The molecule has 1 aromatic heterocycles. The van der Waals surface area contributed by atoms with Crippen molar-refractivity contribution in [3.8, 4) is 16.9 Å². The highest BCUT2D eigenvalue weighted by atomic mass is 32.2. The smallest absolute Gasteiger partial charge is 0.477 e. The van der Waals surface area contributed by atoms with E-state index in [1.54, 1.807) is 30.3 Å². The van der Waals surface area contributed by atoms with Crippen molar-refractivity contribution in [1.29, 1.82) is 0 Å². The van der Waals surface area contributed by atoms with E-state index in [0.717, 1.165) is 24.3 Å². The van der Waals surface area contributed by atoms with E-state index >= 15 is 0 Å². The minimum absolute atomic E-state index is 0.0449. The Hall–Kier alpha value is -3.99. The van der Waals surface area contributed by atoms with Gasteiger partial charge in [0.1, 0.15) is 11.4 Å². The van der Waals surface area contributed by atoms with Gasteiger partial charge in [0.2, 0.25) is 0 Å². The van der Waals surface area contributed by atoms with Gasteiger partial charge in [-0.2, -0.15) is 0 Å².